The molecule has 1 saturated heterocycles. The van der Waals surface area contributed by atoms with Gasteiger partial charge in [0.15, 0.2) is 0 Å². The van der Waals surface area contributed by atoms with Gasteiger partial charge in [0.05, 0.1) is 17.5 Å². The standard InChI is InChI=1S/C15H18ClNO2/c1-9-6-7-13(19-9)15(18)17-14-11-5-3-2-4-10(11)8-12(14)16/h2-5,9,12-14H,6-8H2,1H3,(H,17,18). The van der Waals surface area contributed by atoms with Gasteiger partial charge in [0.25, 0.3) is 0 Å². The predicted molar refractivity (Wildman–Crippen MR) is 74.2 cm³/mol. The van der Waals surface area contributed by atoms with Crippen molar-refractivity contribution in [1.29, 1.82) is 0 Å². The molecule has 1 aromatic carbocycles. The van der Waals surface area contributed by atoms with E-state index in [0.29, 0.717) is 0 Å². The van der Waals surface area contributed by atoms with E-state index in [4.69, 9.17) is 16.3 Å². The summed E-state index contributed by atoms with van der Waals surface area (Å²) in [5.74, 6) is -0.0308. The molecule has 19 heavy (non-hydrogen) atoms. The lowest BCUT2D eigenvalue weighted by atomic mass is 10.1. The molecule has 0 radical (unpaired) electrons. The van der Waals surface area contributed by atoms with Gasteiger partial charge in [-0.15, -0.1) is 11.6 Å². The van der Waals surface area contributed by atoms with E-state index in [1.807, 2.05) is 25.1 Å². The number of hydrogen-bond donors (Lipinski definition) is 1. The smallest absolute Gasteiger partial charge is 0.249 e. The molecule has 1 heterocycles. The van der Waals surface area contributed by atoms with Gasteiger partial charge in [-0.1, -0.05) is 24.3 Å². The number of ether oxygens (including phenoxy) is 1. The first kappa shape index (κ1) is 12.9. The van der Waals surface area contributed by atoms with Crippen LogP contribution in [0.15, 0.2) is 24.3 Å². The number of amides is 1. The zero-order valence-corrected chi connectivity index (χ0v) is 11.7. The molecular formula is C15H18ClNO2. The van der Waals surface area contributed by atoms with Crippen molar-refractivity contribution in [3.63, 3.8) is 0 Å². The summed E-state index contributed by atoms with van der Waals surface area (Å²) in [6.45, 7) is 2.00. The Morgan fingerprint density at radius 3 is 2.89 bits per heavy atom. The number of alkyl halides is 1. The molecule has 4 unspecified atom stereocenters. The summed E-state index contributed by atoms with van der Waals surface area (Å²) >= 11 is 6.37. The summed E-state index contributed by atoms with van der Waals surface area (Å²) in [6.07, 6.45) is 2.42. The maximum Gasteiger partial charge on any atom is 0.249 e. The fourth-order valence-electron chi connectivity index (χ4n) is 2.96. The second-order valence-electron chi connectivity index (χ2n) is 5.42. The van der Waals surface area contributed by atoms with E-state index in [0.717, 1.165) is 24.8 Å². The number of hydrogen-bond acceptors (Lipinski definition) is 2. The molecule has 1 fully saturated rings. The Balaban J connectivity index is 1.71. The predicted octanol–water partition coefficient (Wildman–Crippen LogP) is 2.57. The van der Waals surface area contributed by atoms with Gasteiger partial charge in [-0.2, -0.15) is 0 Å². The molecule has 0 bridgehead atoms. The highest BCUT2D eigenvalue weighted by molar-refractivity contribution is 6.21. The quantitative estimate of drug-likeness (QED) is 0.845. The average Bonchev–Trinajstić information content (AvgIpc) is 2.95. The Morgan fingerprint density at radius 1 is 1.37 bits per heavy atom. The molecule has 0 spiro atoms. The summed E-state index contributed by atoms with van der Waals surface area (Å²) in [5.41, 5.74) is 2.37. The fraction of sp³-hybridized carbons (Fsp3) is 0.533. The van der Waals surface area contributed by atoms with Crippen molar-refractivity contribution in [3.05, 3.63) is 35.4 Å². The topological polar surface area (TPSA) is 38.3 Å². The van der Waals surface area contributed by atoms with Crippen LogP contribution in [0, 0.1) is 0 Å². The fourth-order valence-corrected chi connectivity index (χ4v) is 3.32. The zero-order valence-electron chi connectivity index (χ0n) is 10.9. The average molecular weight is 280 g/mol. The van der Waals surface area contributed by atoms with Gasteiger partial charge in [0.1, 0.15) is 6.10 Å². The van der Waals surface area contributed by atoms with Crippen LogP contribution in [0.5, 0.6) is 0 Å². The number of nitrogens with one attached hydrogen (secondary N) is 1. The summed E-state index contributed by atoms with van der Waals surface area (Å²) in [5, 5.41) is 2.98. The lowest BCUT2D eigenvalue weighted by molar-refractivity contribution is -0.132. The van der Waals surface area contributed by atoms with Crippen molar-refractivity contribution in [2.45, 2.75) is 49.8 Å². The zero-order chi connectivity index (χ0) is 13.4. The van der Waals surface area contributed by atoms with Crippen LogP contribution in [0.1, 0.15) is 36.9 Å². The molecule has 102 valence electrons. The van der Waals surface area contributed by atoms with Gasteiger partial charge in [0.2, 0.25) is 5.91 Å². The summed E-state index contributed by atoms with van der Waals surface area (Å²) in [4.78, 5) is 12.2. The number of benzene rings is 1. The Bertz CT molecular complexity index is 491. The van der Waals surface area contributed by atoms with Crippen LogP contribution in [0.4, 0.5) is 0 Å². The molecule has 0 aromatic heterocycles. The molecule has 4 heteroatoms. The molecule has 1 aliphatic heterocycles. The number of fused-ring (bicyclic) bond motifs is 1. The van der Waals surface area contributed by atoms with Crippen molar-refractivity contribution < 1.29 is 9.53 Å². The minimum absolute atomic E-state index is 0.0308. The van der Waals surface area contributed by atoms with Gasteiger partial charge in [-0.3, -0.25) is 4.79 Å². The molecule has 1 aliphatic carbocycles. The van der Waals surface area contributed by atoms with E-state index in [2.05, 4.69) is 11.4 Å². The molecule has 3 rings (SSSR count). The maximum atomic E-state index is 12.2. The number of carbonyl (C=O) groups excluding carboxylic acids is 1. The van der Waals surface area contributed by atoms with Crippen molar-refractivity contribution in [1.82, 2.24) is 5.32 Å². The Labute approximate surface area is 118 Å². The molecule has 1 N–H and O–H groups in total. The van der Waals surface area contributed by atoms with Gasteiger partial charge in [0, 0.05) is 0 Å². The molecular weight excluding hydrogens is 262 g/mol. The van der Waals surface area contributed by atoms with E-state index < -0.39 is 0 Å². The van der Waals surface area contributed by atoms with Crippen LogP contribution in [-0.4, -0.2) is 23.5 Å². The number of rotatable bonds is 2. The van der Waals surface area contributed by atoms with Gasteiger partial charge >= 0.3 is 0 Å². The number of carbonyl (C=O) groups is 1. The third kappa shape index (κ3) is 2.49. The first-order valence-electron chi connectivity index (χ1n) is 6.83. The Morgan fingerprint density at radius 2 is 2.16 bits per heavy atom. The van der Waals surface area contributed by atoms with E-state index in [1.165, 1.54) is 5.56 Å². The monoisotopic (exact) mass is 279 g/mol. The van der Waals surface area contributed by atoms with Crippen LogP contribution in [-0.2, 0) is 16.0 Å². The van der Waals surface area contributed by atoms with Crippen LogP contribution < -0.4 is 5.32 Å². The van der Waals surface area contributed by atoms with Crippen LogP contribution in [0.25, 0.3) is 0 Å². The summed E-state index contributed by atoms with van der Waals surface area (Å²) < 4.78 is 5.60. The first-order valence-corrected chi connectivity index (χ1v) is 7.26. The van der Waals surface area contributed by atoms with E-state index in [-0.39, 0.29) is 29.5 Å². The van der Waals surface area contributed by atoms with Crippen molar-refractivity contribution >= 4 is 17.5 Å². The lowest BCUT2D eigenvalue weighted by Gasteiger charge is -2.20. The minimum atomic E-state index is -0.313. The minimum Gasteiger partial charge on any atom is -0.365 e. The third-order valence-electron chi connectivity index (χ3n) is 3.99. The largest absolute Gasteiger partial charge is 0.365 e. The Hall–Kier alpha value is -1.06. The highest BCUT2D eigenvalue weighted by Gasteiger charge is 2.35. The lowest BCUT2D eigenvalue weighted by Crippen LogP contribution is -2.39. The summed E-state index contributed by atoms with van der Waals surface area (Å²) in [7, 11) is 0. The van der Waals surface area contributed by atoms with Gasteiger partial charge in [-0.05, 0) is 37.3 Å². The van der Waals surface area contributed by atoms with Gasteiger partial charge in [-0.25, -0.2) is 0 Å². The third-order valence-corrected chi connectivity index (χ3v) is 4.40. The van der Waals surface area contributed by atoms with Crippen molar-refractivity contribution in [3.8, 4) is 0 Å². The SMILES string of the molecule is CC1CCC(C(=O)NC2c3ccccc3CC2Cl)O1. The van der Waals surface area contributed by atoms with Crippen molar-refractivity contribution in [2.75, 3.05) is 0 Å². The highest BCUT2D eigenvalue weighted by Crippen LogP contribution is 2.35. The second kappa shape index (κ2) is 5.14. The van der Waals surface area contributed by atoms with Crippen LogP contribution >= 0.6 is 11.6 Å². The molecule has 3 nitrogen and oxygen atoms in total. The number of halogens is 1. The molecule has 1 amide bonds. The second-order valence-corrected chi connectivity index (χ2v) is 5.98. The van der Waals surface area contributed by atoms with Crippen LogP contribution in [0.2, 0.25) is 0 Å². The maximum absolute atomic E-state index is 12.2. The normalized spacial score (nSPS) is 33.2. The molecule has 2 aliphatic rings. The van der Waals surface area contributed by atoms with E-state index >= 15 is 0 Å². The summed E-state index contributed by atoms with van der Waals surface area (Å²) in [6, 6.07) is 8.02. The highest BCUT2D eigenvalue weighted by atomic mass is 35.5. The van der Waals surface area contributed by atoms with E-state index in [1.54, 1.807) is 0 Å². The molecule has 1 aromatic rings. The van der Waals surface area contributed by atoms with Crippen LogP contribution in [0.3, 0.4) is 0 Å². The molecule has 0 saturated carbocycles. The van der Waals surface area contributed by atoms with Gasteiger partial charge < -0.3 is 10.1 Å². The molecule has 4 atom stereocenters. The van der Waals surface area contributed by atoms with Crippen molar-refractivity contribution in [2.24, 2.45) is 0 Å². The Kier molecular flexibility index (Phi) is 3.50. The van der Waals surface area contributed by atoms with E-state index in [9.17, 15) is 4.79 Å². The first-order chi connectivity index (χ1) is 9.15.